The number of anilines is 2. The Hall–Kier alpha value is -2.63. The van der Waals surface area contributed by atoms with Gasteiger partial charge in [-0.2, -0.15) is 0 Å². The maximum Gasteiger partial charge on any atom is 0.315 e. The number of rotatable bonds is 3. The molecule has 0 radical (unpaired) electrons. The van der Waals surface area contributed by atoms with Crippen LogP contribution < -0.4 is 10.6 Å². The highest BCUT2D eigenvalue weighted by atomic mass is 16.5. The molecule has 0 unspecified atom stereocenters. The van der Waals surface area contributed by atoms with Gasteiger partial charge in [0.15, 0.2) is 5.82 Å². The van der Waals surface area contributed by atoms with E-state index < -0.39 is 11.8 Å². The first-order chi connectivity index (χ1) is 9.58. The van der Waals surface area contributed by atoms with E-state index in [9.17, 15) is 9.59 Å². The fourth-order valence-electron chi connectivity index (χ4n) is 1.61. The molecule has 0 spiro atoms. The van der Waals surface area contributed by atoms with Crippen LogP contribution in [-0.4, -0.2) is 17.0 Å². The number of benzene rings is 1. The second-order valence-electron chi connectivity index (χ2n) is 4.28. The molecule has 0 atom stereocenters. The zero-order chi connectivity index (χ0) is 14.5. The molecule has 0 bridgehead atoms. The van der Waals surface area contributed by atoms with Gasteiger partial charge in [-0.1, -0.05) is 24.2 Å². The molecule has 0 saturated carbocycles. The fourth-order valence-corrected chi connectivity index (χ4v) is 1.61. The van der Waals surface area contributed by atoms with E-state index in [1.165, 1.54) is 6.07 Å². The summed E-state index contributed by atoms with van der Waals surface area (Å²) in [4.78, 5) is 23.3. The van der Waals surface area contributed by atoms with Crippen molar-refractivity contribution in [2.24, 2.45) is 0 Å². The Labute approximate surface area is 116 Å². The maximum absolute atomic E-state index is 11.7. The van der Waals surface area contributed by atoms with Crippen LogP contribution in [-0.2, 0) is 16.0 Å². The highest BCUT2D eigenvalue weighted by Gasteiger charge is 2.15. The van der Waals surface area contributed by atoms with E-state index in [0.717, 1.165) is 12.0 Å². The number of nitrogens with zero attached hydrogens (tertiary/aromatic N) is 1. The summed E-state index contributed by atoms with van der Waals surface area (Å²) in [6, 6.07) is 8.83. The van der Waals surface area contributed by atoms with Crippen LogP contribution in [0.25, 0.3) is 0 Å². The molecule has 2 amide bonds. The third-order valence-corrected chi connectivity index (χ3v) is 2.70. The van der Waals surface area contributed by atoms with Crippen molar-refractivity contribution >= 4 is 23.3 Å². The summed E-state index contributed by atoms with van der Waals surface area (Å²) in [6.45, 7) is 3.74. The molecule has 2 aromatic rings. The molecule has 2 N–H and O–H groups in total. The van der Waals surface area contributed by atoms with Crippen LogP contribution in [0.1, 0.15) is 18.2 Å². The first-order valence-electron chi connectivity index (χ1n) is 6.23. The molecule has 0 aliphatic rings. The summed E-state index contributed by atoms with van der Waals surface area (Å²) in [5.74, 6) is -0.785. The number of aryl methyl sites for hydroxylation is 2. The lowest BCUT2D eigenvalue weighted by atomic mass is 10.1. The summed E-state index contributed by atoms with van der Waals surface area (Å²) >= 11 is 0. The summed E-state index contributed by atoms with van der Waals surface area (Å²) in [7, 11) is 0. The third-order valence-electron chi connectivity index (χ3n) is 2.70. The number of nitrogens with one attached hydrogen (secondary N) is 2. The van der Waals surface area contributed by atoms with Crippen LogP contribution >= 0.6 is 0 Å². The number of hydrogen-bond acceptors (Lipinski definition) is 4. The fraction of sp³-hybridized carbons (Fsp3) is 0.214. The van der Waals surface area contributed by atoms with Crippen molar-refractivity contribution in [1.82, 2.24) is 5.16 Å². The van der Waals surface area contributed by atoms with E-state index >= 15 is 0 Å². The predicted molar refractivity (Wildman–Crippen MR) is 74.3 cm³/mol. The van der Waals surface area contributed by atoms with Gasteiger partial charge in [0, 0.05) is 11.8 Å². The van der Waals surface area contributed by atoms with Crippen molar-refractivity contribution < 1.29 is 14.1 Å². The lowest BCUT2D eigenvalue weighted by molar-refractivity contribution is -0.133. The van der Waals surface area contributed by atoms with Crippen LogP contribution in [0.3, 0.4) is 0 Å². The van der Waals surface area contributed by atoms with E-state index in [0.29, 0.717) is 11.4 Å². The molecule has 1 aromatic heterocycles. The highest BCUT2D eigenvalue weighted by Crippen LogP contribution is 2.10. The Morgan fingerprint density at radius 1 is 1.15 bits per heavy atom. The van der Waals surface area contributed by atoms with E-state index in [1.807, 2.05) is 19.1 Å². The van der Waals surface area contributed by atoms with Crippen molar-refractivity contribution in [3.63, 3.8) is 0 Å². The van der Waals surface area contributed by atoms with Gasteiger partial charge in [0.25, 0.3) is 0 Å². The molecule has 20 heavy (non-hydrogen) atoms. The zero-order valence-electron chi connectivity index (χ0n) is 11.3. The molecule has 6 nitrogen and oxygen atoms in total. The van der Waals surface area contributed by atoms with Crippen molar-refractivity contribution in [3.8, 4) is 0 Å². The van der Waals surface area contributed by atoms with Gasteiger partial charge in [-0.15, -0.1) is 0 Å². The summed E-state index contributed by atoms with van der Waals surface area (Å²) < 4.78 is 4.79. The van der Waals surface area contributed by atoms with Crippen molar-refractivity contribution in [2.45, 2.75) is 20.3 Å². The van der Waals surface area contributed by atoms with E-state index in [1.54, 1.807) is 19.1 Å². The summed E-state index contributed by atoms with van der Waals surface area (Å²) in [5.41, 5.74) is 1.73. The SMILES string of the molecule is CCc1ccc(NC(=O)C(=O)Nc2cc(C)on2)cc1. The lowest BCUT2D eigenvalue weighted by Gasteiger charge is -2.05. The minimum absolute atomic E-state index is 0.212. The Balaban J connectivity index is 1.94. The van der Waals surface area contributed by atoms with E-state index in [4.69, 9.17) is 4.52 Å². The van der Waals surface area contributed by atoms with E-state index in [-0.39, 0.29) is 5.82 Å². The second-order valence-corrected chi connectivity index (χ2v) is 4.28. The van der Waals surface area contributed by atoms with Crippen LogP contribution in [0.5, 0.6) is 0 Å². The first-order valence-corrected chi connectivity index (χ1v) is 6.23. The average molecular weight is 273 g/mol. The highest BCUT2D eigenvalue weighted by molar-refractivity contribution is 6.43. The first kappa shape index (κ1) is 13.8. The zero-order valence-corrected chi connectivity index (χ0v) is 11.3. The predicted octanol–water partition coefficient (Wildman–Crippen LogP) is 2.12. The Morgan fingerprint density at radius 2 is 1.80 bits per heavy atom. The molecule has 104 valence electrons. The second kappa shape index (κ2) is 6.01. The number of carbonyl (C=O) groups excluding carboxylic acids is 2. The molecule has 6 heteroatoms. The summed E-state index contributed by atoms with van der Waals surface area (Å²) in [5, 5.41) is 8.44. The topological polar surface area (TPSA) is 84.2 Å². The maximum atomic E-state index is 11.7. The minimum Gasteiger partial charge on any atom is -0.360 e. The molecular formula is C14H15N3O3. The van der Waals surface area contributed by atoms with Crippen molar-refractivity contribution in [3.05, 3.63) is 41.7 Å². The normalized spacial score (nSPS) is 10.1. The van der Waals surface area contributed by atoms with Crippen LogP contribution in [0.4, 0.5) is 11.5 Å². The molecule has 1 heterocycles. The van der Waals surface area contributed by atoms with Gasteiger partial charge in [-0.3, -0.25) is 14.9 Å². The largest absolute Gasteiger partial charge is 0.360 e. The quantitative estimate of drug-likeness (QED) is 0.839. The Bertz CT molecular complexity index is 617. The van der Waals surface area contributed by atoms with E-state index in [2.05, 4.69) is 15.8 Å². The number of aromatic nitrogens is 1. The smallest absolute Gasteiger partial charge is 0.315 e. The molecule has 0 aliphatic carbocycles. The molecule has 2 rings (SSSR count). The van der Waals surface area contributed by atoms with Crippen LogP contribution in [0.2, 0.25) is 0 Å². The van der Waals surface area contributed by atoms with Gasteiger partial charge in [0.1, 0.15) is 5.76 Å². The minimum atomic E-state index is -0.794. The Kier molecular flexibility index (Phi) is 4.14. The Morgan fingerprint density at radius 3 is 2.35 bits per heavy atom. The molecule has 1 aromatic carbocycles. The van der Waals surface area contributed by atoms with Gasteiger partial charge in [0.05, 0.1) is 0 Å². The van der Waals surface area contributed by atoms with Crippen molar-refractivity contribution in [1.29, 1.82) is 0 Å². The van der Waals surface area contributed by atoms with Gasteiger partial charge < -0.3 is 9.84 Å². The number of amides is 2. The molecule has 0 aliphatic heterocycles. The van der Waals surface area contributed by atoms with Gasteiger partial charge in [0.2, 0.25) is 0 Å². The third kappa shape index (κ3) is 3.44. The average Bonchev–Trinajstić information content (AvgIpc) is 2.85. The number of carbonyl (C=O) groups is 2. The molecule has 0 fully saturated rings. The lowest BCUT2D eigenvalue weighted by Crippen LogP contribution is -2.29. The monoisotopic (exact) mass is 273 g/mol. The van der Waals surface area contributed by atoms with Crippen LogP contribution in [0, 0.1) is 6.92 Å². The van der Waals surface area contributed by atoms with Gasteiger partial charge in [-0.25, -0.2) is 0 Å². The van der Waals surface area contributed by atoms with Crippen LogP contribution in [0.15, 0.2) is 34.9 Å². The standard InChI is InChI=1S/C14H15N3O3/c1-3-10-4-6-11(7-5-10)15-13(18)14(19)16-12-8-9(2)20-17-12/h4-8H,3H2,1-2H3,(H,15,18)(H,16,17,19). The molecule has 0 saturated heterocycles. The van der Waals surface area contributed by atoms with Gasteiger partial charge in [-0.05, 0) is 31.0 Å². The van der Waals surface area contributed by atoms with Crippen molar-refractivity contribution in [2.75, 3.05) is 10.6 Å². The number of hydrogen-bond donors (Lipinski definition) is 2. The molecular weight excluding hydrogens is 258 g/mol. The summed E-state index contributed by atoms with van der Waals surface area (Å²) in [6.07, 6.45) is 0.917. The van der Waals surface area contributed by atoms with Gasteiger partial charge >= 0.3 is 11.8 Å².